The second-order valence-electron chi connectivity index (χ2n) is 4.90. The van der Waals surface area contributed by atoms with Crippen molar-refractivity contribution in [3.8, 4) is 22.8 Å². The molecule has 22 heavy (non-hydrogen) atoms. The lowest BCUT2D eigenvalue weighted by Gasteiger charge is -2.18. The van der Waals surface area contributed by atoms with E-state index in [0.29, 0.717) is 36.1 Å². The van der Waals surface area contributed by atoms with E-state index >= 15 is 0 Å². The molecule has 0 amide bonds. The molecule has 1 aliphatic heterocycles. The Kier molecular flexibility index (Phi) is 2.75. The highest BCUT2D eigenvalue weighted by atomic mass is 16.6. The number of carboxylic acid groups (broad SMARTS) is 1. The van der Waals surface area contributed by atoms with Gasteiger partial charge in [-0.15, -0.1) is 0 Å². The van der Waals surface area contributed by atoms with Crippen LogP contribution < -0.4 is 9.47 Å². The van der Waals surface area contributed by atoms with Gasteiger partial charge in [-0.05, 0) is 30.3 Å². The molecule has 1 aromatic carbocycles. The lowest BCUT2D eigenvalue weighted by atomic mass is 10.1. The number of nitrogens with zero attached hydrogens (tertiary/aromatic N) is 2. The van der Waals surface area contributed by atoms with Crippen LogP contribution in [0.1, 0.15) is 10.5 Å². The van der Waals surface area contributed by atoms with Crippen molar-refractivity contribution in [2.45, 2.75) is 0 Å². The minimum atomic E-state index is -1.06. The van der Waals surface area contributed by atoms with Crippen LogP contribution in [0.3, 0.4) is 0 Å². The predicted octanol–water partition coefficient (Wildman–Crippen LogP) is 2.47. The molecule has 1 aliphatic rings. The number of carboxylic acids is 1. The number of imidazole rings is 1. The van der Waals surface area contributed by atoms with Crippen LogP contribution in [0, 0.1) is 0 Å². The van der Waals surface area contributed by atoms with E-state index in [1.165, 1.54) is 0 Å². The standard InChI is InChI=1S/C16H12N2O4/c19-16(20)14-15(18-6-2-1-3-13(18)17-14)10-4-5-11-12(9-10)22-8-7-21-11/h1-6,9H,7-8H2,(H,19,20). The first kappa shape index (κ1) is 12.7. The number of hydrogen-bond donors (Lipinski definition) is 1. The molecule has 0 bridgehead atoms. The summed E-state index contributed by atoms with van der Waals surface area (Å²) in [5, 5.41) is 9.43. The van der Waals surface area contributed by atoms with E-state index in [1.54, 1.807) is 28.8 Å². The second kappa shape index (κ2) is 4.77. The van der Waals surface area contributed by atoms with Gasteiger partial charge in [0.2, 0.25) is 0 Å². The van der Waals surface area contributed by atoms with Gasteiger partial charge >= 0.3 is 5.97 Å². The number of rotatable bonds is 2. The highest BCUT2D eigenvalue weighted by molar-refractivity contribution is 5.94. The molecule has 6 heteroatoms. The van der Waals surface area contributed by atoms with Crippen LogP contribution in [0.4, 0.5) is 0 Å². The normalized spacial score (nSPS) is 13.3. The highest BCUT2D eigenvalue weighted by Gasteiger charge is 2.21. The number of aromatic carboxylic acids is 1. The van der Waals surface area contributed by atoms with Crippen LogP contribution in [0.5, 0.6) is 11.5 Å². The SMILES string of the molecule is O=C(O)c1nc2ccccn2c1-c1ccc2c(c1)OCCO2. The molecule has 110 valence electrons. The van der Waals surface area contributed by atoms with E-state index in [-0.39, 0.29) is 5.69 Å². The summed E-state index contributed by atoms with van der Waals surface area (Å²) in [7, 11) is 0. The van der Waals surface area contributed by atoms with Gasteiger partial charge in [0.15, 0.2) is 17.2 Å². The predicted molar refractivity (Wildman–Crippen MR) is 78.6 cm³/mol. The van der Waals surface area contributed by atoms with E-state index in [9.17, 15) is 9.90 Å². The first-order valence-electron chi connectivity index (χ1n) is 6.84. The van der Waals surface area contributed by atoms with Crippen LogP contribution in [0.15, 0.2) is 42.6 Å². The molecule has 0 saturated heterocycles. The molecule has 6 nitrogen and oxygen atoms in total. The maximum Gasteiger partial charge on any atom is 0.356 e. The van der Waals surface area contributed by atoms with Gasteiger partial charge in [-0.2, -0.15) is 0 Å². The monoisotopic (exact) mass is 296 g/mol. The summed E-state index contributed by atoms with van der Waals surface area (Å²) in [5.41, 5.74) is 1.85. The molecule has 2 aromatic heterocycles. The first-order chi connectivity index (χ1) is 10.7. The van der Waals surface area contributed by atoms with Crippen LogP contribution in [-0.4, -0.2) is 33.7 Å². The van der Waals surface area contributed by atoms with Crippen molar-refractivity contribution in [3.05, 3.63) is 48.3 Å². The Labute approximate surface area is 125 Å². The van der Waals surface area contributed by atoms with Crippen molar-refractivity contribution in [3.63, 3.8) is 0 Å². The quantitative estimate of drug-likeness (QED) is 0.786. The number of benzene rings is 1. The Bertz CT molecular complexity index is 885. The van der Waals surface area contributed by atoms with Gasteiger partial charge in [0.25, 0.3) is 0 Å². The number of hydrogen-bond acceptors (Lipinski definition) is 4. The zero-order valence-corrected chi connectivity index (χ0v) is 11.5. The summed E-state index contributed by atoms with van der Waals surface area (Å²) < 4.78 is 12.8. The van der Waals surface area contributed by atoms with Crippen molar-refractivity contribution in [2.24, 2.45) is 0 Å². The molecule has 0 spiro atoms. The van der Waals surface area contributed by atoms with Gasteiger partial charge in [-0.3, -0.25) is 4.40 Å². The maximum atomic E-state index is 11.5. The number of carbonyl (C=O) groups is 1. The highest BCUT2D eigenvalue weighted by Crippen LogP contribution is 2.35. The fraction of sp³-hybridized carbons (Fsp3) is 0.125. The van der Waals surface area contributed by atoms with Crippen LogP contribution in [0.25, 0.3) is 16.9 Å². The second-order valence-corrected chi connectivity index (χ2v) is 4.90. The van der Waals surface area contributed by atoms with E-state index in [2.05, 4.69) is 4.98 Å². The summed E-state index contributed by atoms with van der Waals surface area (Å²) in [6.07, 6.45) is 1.79. The molecule has 3 aromatic rings. The first-order valence-corrected chi connectivity index (χ1v) is 6.84. The largest absolute Gasteiger partial charge is 0.486 e. The lowest BCUT2D eigenvalue weighted by molar-refractivity contribution is 0.0692. The van der Waals surface area contributed by atoms with Gasteiger partial charge in [-0.25, -0.2) is 9.78 Å². The topological polar surface area (TPSA) is 73.1 Å². The average Bonchev–Trinajstić information content (AvgIpc) is 2.94. The van der Waals surface area contributed by atoms with Gasteiger partial charge in [-0.1, -0.05) is 6.07 Å². The Morgan fingerprint density at radius 1 is 1.14 bits per heavy atom. The number of fused-ring (bicyclic) bond motifs is 2. The third-order valence-electron chi connectivity index (χ3n) is 3.55. The van der Waals surface area contributed by atoms with E-state index in [1.807, 2.05) is 18.2 Å². The average molecular weight is 296 g/mol. The van der Waals surface area contributed by atoms with Gasteiger partial charge in [0, 0.05) is 11.8 Å². The van der Waals surface area contributed by atoms with E-state index in [4.69, 9.17) is 9.47 Å². The Morgan fingerprint density at radius 2 is 1.95 bits per heavy atom. The summed E-state index contributed by atoms with van der Waals surface area (Å²) in [4.78, 5) is 15.7. The molecular weight excluding hydrogens is 284 g/mol. The molecule has 0 fully saturated rings. The maximum absolute atomic E-state index is 11.5. The molecule has 0 atom stereocenters. The van der Waals surface area contributed by atoms with Gasteiger partial charge < -0.3 is 14.6 Å². The van der Waals surface area contributed by atoms with Crippen LogP contribution >= 0.6 is 0 Å². The summed E-state index contributed by atoms with van der Waals surface area (Å²) >= 11 is 0. The van der Waals surface area contributed by atoms with Gasteiger partial charge in [0.1, 0.15) is 18.9 Å². The van der Waals surface area contributed by atoms with Gasteiger partial charge in [0.05, 0.1) is 5.69 Å². The zero-order chi connectivity index (χ0) is 15.1. The minimum Gasteiger partial charge on any atom is -0.486 e. The van der Waals surface area contributed by atoms with Crippen molar-refractivity contribution < 1.29 is 19.4 Å². The Balaban J connectivity index is 1.97. The summed E-state index contributed by atoms with van der Waals surface area (Å²) in [6.45, 7) is 0.998. The third kappa shape index (κ3) is 1.88. The Hall–Kier alpha value is -3.02. The van der Waals surface area contributed by atoms with Crippen molar-refractivity contribution in [1.82, 2.24) is 9.38 Å². The number of pyridine rings is 1. The van der Waals surface area contributed by atoms with Crippen LogP contribution in [0.2, 0.25) is 0 Å². The molecular formula is C16H12N2O4. The molecule has 0 saturated carbocycles. The minimum absolute atomic E-state index is 0.0166. The number of aromatic nitrogens is 2. The molecule has 0 unspecified atom stereocenters. The molecule has 3 heterocycles. The Morgan fingerprint density at radius 3 is 2.77 bits per heavy atom. The summed E-state index contributed by atoms with van der Waals surface area (Å²) in [6, 6.07) is 10.8. The molecule has 0 aliphatic carbocycles. The number of ether oxygens (including phenoxy) is 2. The van der Waals surface area contributed by atoms with Crippen molar-refractivity contribution in [1.29, 1.82) is 0 Å². The fourth-order valence-corrected chi connectivity index (χ4v) is 2.61. The lowest BCUT2D eigenvalue weighted by Crippen LogP contribution is -2.15. The molecule has 1 N–H and O–H groups in total. The van der Waals surface area contributed by atoms with Crippen molar-refractivity contribution >= 4 is 11.6 Å². The third-order valence-corrected chi connectivity index (χ3v) is 3.55. The smallest absolute Gasteiger partial charge is 0.356 e. The fourth-order valence-electron chi connectivity index (χ4n) is 2.61. The molecule has 4 rings (SSSR count). The van der Waals surface area contributed by atoms with Crippen molar-refractivity contribution in [2.75, 3.05) is 13.2 Å². The zero-order valence-electron chi connectivity index (χ0n) is 11.5. The molecule has 0 radical (unpaired) electrons. The van der Waals surface area contributed by atoms with E-state index in [0.717, 1.165) is 5.56 Å². The van der Waals surface area contributed by atoms with E-state index < -0.39 is 5.97 Å². The summed E-state index contributed by atoms with van der Waals surface area (Å²) in [5.74, 6) is 0.222. The van der Waals surface area contributed by atoms with Crippen LogP contribution in [-0.2, 0) is 0 Å².